The van der Waals surface area contributed by atoms with E-state index in [0.29, 0.717) is 43.9 Å². The van der Waals surface area contributed by atoms with Gasteiger partial charge in [0.15, 0.2) is 60.6 Å². The Morgan fingerprint density at radius 1 is 0.303 bits per heavy atom. The van der Waals surface area contributed by atoms with Gasteiger partial charge in [-0.2, -0.15) is 0 Å². The Kier molecular flexibility index (Phi) is 22.2. The van der Waals surface area contributed by atoms with Crippen LogP contribution in [0.1, 0.15) is 109 Å². The molecule has 8 aromatic rings. The van der Waals surface area contributed by atoms with Crippen molar-refractivity contribution in [1.29, 1.82) is 0 Å². The standard InChI is InChI=1S/C64H64F4N2P4.2Cr/c65-53-35-17-21-39-61(53)73(62-40-22-18-36-54(62)66)69(71-57(49-27-9-5-10-28-49)43-44-58(71)50-29-11-6-12-30-50)47-25-3-1-2-4-26-48-70(74(63-41-23-19-37-55(63)67)64-42-24-20-38-56(64)68)72-59(51-31-13-7-14-32-51)45-46-60(72)52-33-15-8-16-34-52;;/h5-24,27-42,57-60H,1-4,25-26,43-48H2;;/p+4/t57-,58-,59+,60+;;. The third-order valence-corrected chi connectivity index (χ3v) is 30.5. The molecule has 2 fully saturated rings. The summed E-state index contributed by atoms with van der Waals surface area (Å²) >= 11 is 0. The predicted octanol–water partition coefficient (Wildman–Crippen LogP) is 16.9. The summed E-state index contributed by atoms with van der Waals surface area (Å²) in [5.41, 5.74) is 6.45. The Labute approximate surface area is 475 Å². The molecule has 0 saturated carbocycles. The fraction of sp³-hybridized carbons (Fsp3) is 0.250. The normalized spacial score (nSPS) is 17.8. The van der Waals surface area contributed by atoms with Crippen molar-refractivity contribution in [3.63, 3.8) is 0 Å². The number of nitrogens with zero attached hydrogens (tertiary/aromatic N) is 2. The van der Waals surface area contributed by atoms with Crippen LogP contribution in [0.2, 0.25) is 0 Å². The van der Waals surface area contributed by atoms with Gasteiger partial charge >= 0.3 is 0 Å². The van der Waals surface area contributed by atoms with E-state index in [1.807, 2.05) is 48.5 Å². The molecule has 2 nitrogen and oxygen atoms in total. The molecule has 0 bridgehead atoms. The van der Waals surface area contributed by atoms with E-state index >= 15 is 17.6 Å². The van der Waals surface area contributed by atoms with Gasteiger partial charge in [0.05, 0.1) is 13.1 Å². The van der Waals surface area contributed by atoms with Crippen LogP contribution < -0.4 is 21.2 Å². The fourth-order valence-electron chi connectivity index (χ4n) is 12.1. The van der Waals surface area contributed by atoms with E-state index in [9.17, 15) is 0 Å². The fourth-order valence-corrected chi connectivity index (χ4v) is 29.5. The molecule has 12 heteroatoms. The quantitative estimate of drug-likeness (QED) is 0.0402. The molecule has 4 atom stereocenters. The Bertz CT molecular complexity index is 2630. The van der Waals surface area contributed by atoms with E-state index in [1.165, 1.54) is 22.3 Å². The minimum Gasteiger partial charge on any atom is -0.203 e. The van der Waals surface area contributed by atoms with Gasteiger partial charge in [0.2, 0.25) is 0 Å². The maximum absolute atomic E-state index is 16.4. The maximum atomic E-state index is 16.4. The van der Waals surface area contributed by atoms with Crippen LogP contribution in [-0.2, 0) is 34.7 Å². The molecular weight excluding hydrogens is 1100 g/mol. The van der Waals surface area contributed by atoms with E-state index in [2.05, 4.69) is 130 Å². The molecule has 10 rings (SSSR count). The average Bonchev–Trinajstić information content (AvgIpc) is 4.10. The molecule has 0 amide bonds. The summed E-state index contributed by atoms with van der Waals surface area (Å²) in [7, 11) is -7.21. The third kappa shape index (κ3) is 13.6. The summed E-state index contributed by atoms with van der Waals surface area (Å²) in [5.74, 6) is -1.07. The molecule has 76 heavy (non-hydrogen) atoms. The van der Waals surface area contributed by atoms with Gasteiger partial charge < -0.3 is 0 Å². The second-order valence-electron chi connectivity index (χ2n) is 19.9. The van der Waals surface area contributed by atoms with Gasteiger partial charge in [0.1, 0.15) is 38.8 Å². The van der Waals surface area contributed by atoms with Crippen LogP contribution in [-0.4, -0.2) is 22.0 Å². The first-order chi connectivity index (χ1) is 36.5. The first kappa shape index (κ1) is 58.3. The van der Waals surface area contributed by atoms with Crippen molar-refractivity contribution in [2.45, 2.75) is 86.8 Å². The van der Waals surface area contributed by atoms with E-state index in [0.717, 1.165) is 77.3 Å². The molecule has 0 spiro atoms. The topological polar surface area (TPSA) is 6.48 Å². The van der Waals surface area contributed by atoms with Gasteiger partial charge in [0, 0.05) is 34.7 Å². The maximum Gasteiger partial charge on any atom is 0.179 e. The summed E-state index contributed by atoms with van der Waals surface area (Å²) < 4.78 is 71.0. The van der Waals surface area contributed by atoms with Gasteiger partial charge in [-0.05, 0) is 109 Å². The van der Waals surface area contributed by atoms with Crippen molar-refractivity contribution in [2.24, 2.45) is 0 Å². The first-order valence-electron chi connectivity index (χ1n) is 26.7. The van der Waals surface area contributed by atoms with Crippen molar-refractivity contribution < 1.29 is 52.3 Å². The third-order valence-electron chi connectivity index (χ3n) is 15.4. The predicted molar refractivity (Wildman–Crippen MR) is 314 cm³/mol. The Balaban J connectivity index is 0.00000383. The summed E-state index contributed by atoms with van der Waals surface area (Å²) in [6.45, 7) is 1.52. The average molecular weight is 1170 g/mol. The van der Waals surface area contributed by atoms with E-state index in [1.54, 1.807) is 48.5 Å². The monoisotopic (exact) mass is 1170 g/mol. The van der Waals surface area contributed by atoms with Gasteiger partial charge in [-0.3, -0.25) is 0 Å². The summed E-state index contributed by atoms with van der Waals surface area (Å²) in [5, 5.41) is 2.48. The number of rotatable bonds is 21. The van der Waals surface area contributed by atoms with Crippen LogP contribution in [0, 0.1) is 23.3 Å². The van der Waals surface area contributed by atoms with Gasteiger partial charge in [-0.15, -0.1) is 0 Å². The van der Waals surface area contributed by atoms with Gasteiger partial charge in [0.25, 0.3) is 0 Å². The molecule has 390 valence electrons. The van der Waals surface area contributed by atoms with Crippen LogP contribution in [0.4, 0.5) is 17.6 Å². The van der Waals surface area contributed by atoms with Crippen LogP contribution >= 0.6 is 32.3 Å². The van der Waals surface area contributed by atoms with E-state index in [4.69, 9.17) is 0 Å². The SMILES string of the molecule is Fc1ccccc1[PH+](c1ccccc1F)N(CCCCCCCCN([PH+](c1ccccc1F)c1ccccc1F)[PH+]1[C@H](c2ccccc2)CC[C@H]1c1ccccc1)[PH+]1[C@@H](c2ccccc2)CC[C@@H]1c1ccccc1.[Cr].[Cr]. The zero-order valence-electron chi connectivity index (χ0n) is 42.8. The Morgan fingerprint density at radius 2 is 0.513 bits per heavy atom. The molecule has 2 saturated heterocycles. The number of hydrogen-bond acceptors (Lipinski definition) is 2. The molecule has 0 radical (unpaired) electrons. The second kappa shape index (κ2) is 28.9. The molecule has 2 aliphatic heterocycles. The van der Waals surface area contributed by atoms with Crippen molar-refractivity contribution in [1.82, 2.24) is 8.88 Å². The largest absolute Gasteiger partial charge is 0.203 e. The Morgan fingerprint density at radius 3 is 0.750 bits per heavy atom. The first-order valence-corrected chi connectivity index (χ1v) is 32.8. The van der Waals surface area contributed by atoms with Crippen LogP contribution in [0.15, 0.2) is 218 Å². The van der Waals surface area contributed by atoms with Gasteiger partial charge in [-0.1, -0.05) is 204 Å². The molecule has 0 aromatic heterocycles. The molecular formula is C64H68Cr2F4N2P4+4. The molecule has 0 N–H and O–H groups in total. The van der Waals surface area contributed by atoms with Crippen molar-refractivity contribution in [3.05, 3.63) is 264 Å². The van der Waals surface area contributed by atoms with Gasteiger partial charge in [-0.25, -0.2) is 17.6 Å². The van der Waals surface area contributed by atoms with Crippen molar-refractivity contribution in [3.8, 4) is 0 Å². The zero-order valence-corrected chi connectivity index (χ0v) is 49.4. The summed E-state index contributed by atoms with van der Waals surface area (Å²) in [6.07, 6.45) is 10.0. The zero-order chi connectivity index (χ0) is 50.6. The van der Waals surface area contributed by atoms with E-state index in [-0.39, 0.29) is 58.0 Å². The number of halogens is 4. The van der Waals surface area contributed by atoms with Crippen LogP contribution in [0.3, 0.4) is 0 Å². The molecule has 2 heterocycles. The van der Waals surface area contributed by atoms with E-state index < -0.39 is 32.3 Å². The summed E-state index contributed by atoms with van der Waals surface area (Å²) in [6, 6.07) is 71.9. The Hall–Kier alpha value is -3.82. The number of hydrogen-bond donors (Lipinski definition) is 0. The second-order valence-corrected chi connectivity index (χ2v) is 31.0. The number of benzene rings is 8. The molecule has 8 aromatic carbocycles. The molecule has 0 aliphatic carbocycles. The molecule has 0 unspecified atom stereocenters. The number of unbranched alkanes of at least 4 members (excludes halogenated alkanes) is 5. The van der Waals surface area contributed by atoms with Crippen molar-refractivity contribution in [2.75, 3.05) is 13.1 Å². The van der Waals surface area contributed by atoms with Crippen LogP contribution in [0.25, 0.3) is 0 Å². The summed E-state index contributed by atoms with van der Waals surface area (Å²) in [4.78, 5) is 0. The molecule has 2 aliphatic rings. The van der Waals surface area contributed by atoms with Crippen molar-refractivity contribution >= 4 is 53.5 Å². The minimum atomic E-state index is -2.11. The minimum absolute atomic E-state index is 0. The smallest absolute Gasteiger partial charge is 0.179 e. The van der Waals surface area contributed by atoms with Crippen LogP contribution in [0.5, 0.6) is 0 Å².